The summed E-state index contributed by atoms with van der Waals surface area (Å²) in [5.74, 6) is 0.179. The monoisotopic (exact) mass is 526 g/mol. The molecular weight excluding hydrogens is 500 g/mol. The van der Waals surface area contributed by atoms with Gasteiger partial charge in [-0.2, -0.15) is 0 Å². The fourth-order valence-electron chi connectivity index (χ4n) is 4.75. The molecule has 2 aromatic carbocycles. The third-order valence-corrected chi connectivity index (χ3v) is 7.01. The number of halogens is 1. The van der Waals surface area contributed by atoms with Crippen LogP contribution in [0.1, 0.15) is 37.7 Å². The fourth-order valence-corrected chi connectivity index (χ4v) is 5.32. The summed E-state index contributed by atoms with van der Waals surface area (Å²) in [6, 6.07) is 10.9. The van der Waals surface area contributed by atoms with Gasteiger partial charge in [-0.15, -0.1) is 0 Å². The van der Waals surface area contributed by atoms with E-state index in [1.54, 1.807) is 39.5 Å². The Balaban J connectivity index is 1.85. The number of ether oxygens (including phenoxy) is 3. The van der Waals surface area contributed by atoms with Gasteiger partial charge in [0.15, 0.2) is 17.3 Å². The Hall–Kier alpha value is -3.13. The van der Waals surface area contributed by atoms with Gasteiger partial charge in [-0.05, 0) is 49.6 Å². The molecule has 1 aliphatic carbocycles. The van der Waals surface area contributed by atoms with Crippen molar-refractivity contribution in [3.63, 3.8) is 0 Å². The number of aliphatic imine (C=N–C) groups is 1. The lowest BCUT2D eigenvalue weighted by atomic mass is 9.71. The number of benzene rings is 2. The number of hydrogen-bond donors (Lipinski definition) is 1. The lowest BCUT2D eigenvalue weighted by molar-refractivity contribution is -0.119. The maximum Gasteiger partial charge on any atom is 0.234 e. The molecule has 1 heterocycles. The summed E-state index contributed by atoms with van der Waals surface area (Å²) >= 11 is 3.65. The molecule has 2 atom stereocenters. The highest BCUT2D eigenvalue weighted by Crippen LogP contribution is 2.48. The van der Waals surface area contributed by atoms with Gasteiger partial charge in [0.2, 0.25) is 5.91 Å². The summed E-state index contributed by atoms with van der Waals surface area (Å²) in [6.45, 7) is 1.84. The van der Waals surface area contributed by atoms with E-state index in [1.807, 2.05) is 25.1 Å². The van der Waals surface area contributed by atoms with E-state index < -0.39 is 11.8 Å². The van der Waals surface area contributed by atoms with E-state index in [4.69, 9.17) is 19.2 Å². The third-order valence-electron chi connectivity index (χ3n) is 6.32. The molecule has 1 amide bonds. The molecule has 8 heteroatoms. The van der Waals surface area contributed by atoms with Gasteiger partial charge in [0.05, 0.1) is 32.9 Å². The van der Waals surface area contributed by atoms with Crippen LogP contribution in [0.15, 0.2) is 57.1 Å². The summed E-state index contributed by atoms with van der Waals surface area (Å²) in [6.07, 6.45) is 1.91. The van der Waals surface area contributed by atoms with Crippen LogP contribution < -0.4 is 19.5 Å². The van der Waals surface area contributed by atoms with Crippen molar-refractivity contribution in [3.05, 3.63) is 57.7 Å². The van der Waals surface area contributed by atoms with Crippen LogP contribution in [-0.2, 0) is 9.59 Å². The Kier molecular flexibility index (Phi) is 7.07. The molecule has 2 aliphatic rings. The fraction of sp³-hybridized carbons (Fsp3) is 0.346. The predicted octanol–water partition coefficient (Wildman–Crippen LogP) is 5.30. The lowest BCUT2D eigenvalue weighted by Crippen LogP contribution is -2.39. The molecule has 2 aromatic rings. The zero-order chi connectivity index (χ0) is 24.4. The Morgan fingerprint density at radius 3 is 2.41 bits per heavy atom. The molecule has 1 N–H and O–H groups in total. The number of nitrogens with zero attached hydrogens (tertiary/aromatic N) is 1. The van der Waals surface area contributed by atoms with Gasteiger partial charge in [0, 0.05) is 33.8 Å². The number of methoxy groups -OCH3 is 3. The van der Waals surface area contributed by atoms with Gasteiger partial charge in [0.1, 0.15) is 5.75 Å². The molecule has 0 fully saturated rings. The lowest BCUT2D eigenvalue weighted by Gasteiger charge is -2.35. The van der Waals surface area contributed by atoms with Crippen molar-refractivity contribution in [2.45, 2.75) is 32.1 Å². The molecule has 0 saturated heterocycles. The van der Waals surface area contributed by atoms with Gasteiger partial charge in [-0.25, -0.2) is 0 Å². The second-order valence-electron chi connectivity index (χ2n) is 8.26. The highest BCUT2D eigenvalue weighted by molar-refractivity contribution is 9.10. The van der Waals surface area contributed by atoms with E-state index in [0.717, 1.165) is 22.2 Å². The first-order valence-corrected chi connectivity index (χ1v) is 11.9. The van der Waals surface area contributed by atoms with Crippen molar-refractivity contribution in [2.75, 3.05) is 26.6 Å². The Bertz CT molecular complexity index is 1200. The van der Waals surface area contributed by atoms with Gasteiger partial charge >= 0.3 is 0 Å². The van der Waals surface area contributed by atoms with Crippen LogP contribution in [0.3, 0.4) is 0 Å². The number of Topliss-reactive ketones (excluding diaryl/α,β-unsaturated/α-hetero) is 1. The van der Waals surface area contributed by atoms with E-state index in [9.17, 15) is 9.59 Å². The Labute approximate surface area is 207 Å². The summed E-state index contributed by atoms with van der Waals surface area (Å²) in [5, 5.41) is 2.99. The molecule has 0 spiro atoms. The highest BCUT2D eigenvalue weighted by Gasteiger charge is 2.43. The van der Waals surface area contributed by atoms with Crippen LogP contribution in [0.2, 0.25) is 0 Å². The van der Waals surface area contributed by atoms with Crippen LogP contribution in [0.25, 0.3) is 0 Å². The minimum atomic E-state index is -0.694. The van der Waals surface area contributed by atoms with Crippen LogP contribution in [0.5, 0.6) is 17.2 Å². The average Bonchev–Trinajstić information content (AvgIpc) is 2.83. The highest BCUT2D eigenvalue weighted by atomic mass is 79.9. The molecule has 178 valence electrons. The van der Waals surface area contributed by atoms with Crippen molar-refractivity contribution >= 4 is 39.0 Å². The number of carbonyl (C=O) groups is 2. The topological polar surface area (TPSA) is 86.2 Å². The number of rotatable bonds is 6. The number of nitrogens with one attached hydrogen (secondary N) is 1. The van der Waals surface area contributed by atoms with Gasteiger partial charge in [-0.1, -0.05) is 28.1 Å². The molecule has 4 rings (SSSR count). The summed E-state index contributed by atoms with van der Waals surface area (Å²) < 4.78 is 17.1. The SMILES string of the molecule is COc1ccccc1NC(=O)C1C(C)=NC2=C(C(=O)CCC2)[C@H]1c1cc(OC)c(OC)cc1Br. The Morgan fingerprint density at radius 2 is 1.71 bits per heavy atom. The van der Waals surface area contributed by atoms with Crippen molar-refractivity contribution in [3.8, 4) is 17.2 Å². The minimum absolute atomic E-state index is 0.0271. The van der Waals surface area contributed by atoms with Crippen LogP contribution in [0, 0.1) is 5.92 Å². The van der Waals surface area contributed by atoms with Crippen molar-refractivity contribution in [1.82, 2.24) is 0 Å². The van der Waals surface area contributed by atoms with E-state index in [-0.39, 0.29) is 11.7 Å². The molecular formula is C26H27BrN2O5. The molecule has 0 aromatic heterocycles. The zero-order valence-electron chi connectivity index (χ0n) is 19.6. The molecule has 1 unspecified atom stereocenters. The smallest absolute Gasteiger partial charge is 0.234 e. The first-order valence-electron chi connectivity index (χ1n) is 11.1. The van der Waals surface area contributed by atoms with Crippen molar-refractivity contribution < 1.29 is 23.8 Å². The quantitative estimate of drug-likeness (QED) is 0.552. The number of allylic oxidation sites excluding steroid dienone is 2. The number of para-hydroxylation sites is 2. The summed E-state index contributed by atoms with van der Waals surface area (Å²) in [7, 11) is 4.68. The minimum Gasteiger partial charge on any atom is -0.495 e. The molecule has 34 heavy (non-hydrogen) atoms. The number of amides is 1. The molecule has 0 bridgehead atoms. The van der Waals surface area contributed by atoms with Crippen LogP contribution in [0.4, 0.5) is 5.69 Å². The molecule has 1 aliphatic heterocycles. The molecule has 0 saturated carbocycles. The standard InChI is InChI=1S/C26H27BrN2O5/c1-14-23(26(31)29-17-8-5-6-11-20(17)32-2)24(25-18(28-14)9-7-10-19(25)30)15-12-21(33-3)22(34-4)13-16(15)27/h5-6,8,11-13,23-24H,7,9-10H2,1-4H3,(H,29,31)/t23?,24-/m0/s1. The van der Waals surface area contributed by atoms with Crippen LogP contribution in [-0.4, -0.2) is 38.7 Å². The zero-order valence-corrected chi connectivity index (χ0v) is 21.2. The Morgan fingerprint density at radius 1 is 1.03 bits per heavy atom. The summed E-state index contributed by atoms with van der Waals surface area (Å²) in [5.41, 5.74) is 3.36. The normalized spacial score (nSPS) is 19.8. The largest absolute Gasteiger partial charge is 0.495 e. The second kappa shape index (κ2) is 10.0. The maximum absolute atomic E-state index is 13.7. The number of anilines is 1. The van der Waals surface area contributed by atoms with Crippen molar-refractivity contribution in [1.29, 1.82) is 0 Å². The molecule has 0 radical (unpaired) electrons. The molecule has 7 nitrogen and oxygen atoms in total. The van der Waals surface area contributed by atoms with Gasteiger partial charge in [-0.3, -0.25) is 14.6 Å². The van der Waals surface area contributed by atoms with E-state index in [2.05, 4.69) is 21.2 Å². The average molecular weight is 527 g/mol. The predicted molar refractivity (Wildman–Crippen MR) is 134 cm³/mol. The summed E-state index contributed by atoms with van der Waals surface area (Å²) in [4.78, 5) is 31.7. The maximum atomic E-state index is 13.7. The van der Waals surface area contributed by atoms with E-state index >= 15 is 0 Å². The van der Waals surface area contributed by atoms with Crippen LogP contribution >= 0.6 is 15.9 Å². The van der Waals surface area contributed by atoms with Gasteiger partial charge < -0.3 is 19.5 Å². The number of hydrogen-bond acceptors (Lipinski definition) is 6. The second-order valence-corrected chi connectivity index (χ2v) is 9.12. The van der Waals surface area contributed by atoms with E-state index in [0.29, 0.717) is 47.1 Å². The van der Waals surface area contributed by atoms with E-state index in [1.165, 1.54) is 0 Å². The van der Waals surface area contributed by atoms with Gasteiger partial charge in [0.25, 0.3) is 0 Å². The number of carbonyl (C=O) groups excluding carboxylic acids is 2. The number of ketones is 1. The van der Waals surface area contributed by atoms with Crippen molar-refractivity contribution in [2.24, 2.45) is 10.9 Å². The first kappa shape index (κ1) is 24.0. The first-order chi connectivity index (χ1) is 16.4. The third kappa shape index (κ3) is 4.34.